The van der Waals surface area contributed by atoms with Gasteiger partial charge in [0.15, 0.2) is 0 Å². The number of amides is 1. The molecule has 1 fully saturated rings. The van der Waals surface area contributed by atoms with Crippen molar-refractivity contribution in [2.24, 2.45) is 5.92 Å². The fourth-order valence-electron chi connectivity index (χ4n) is 2.07. The number of thioether (sulfide) groups is 1. The quantitative estimate of drug-likeness (QED) is 0.929. The SMILES string of the molecule is CC(C)C1SCC(C(=O)O)N1C(=O)c1ccoc1Cl. The first kappa shape index (κ1) is 14.3. The van der Waals surface area contributed by atoms with Crippen LogP contribution in [0.4, 0.5) is 0 Å². The van der Waals surface area contributed by atoms with Crippen LogP contribution in [-0.2, 0) is 4.79 Å². The molecule has 2 heterocycles. The second-order valence-corrected chi connectivity index (χ2v) is 6.14. The van der Waals surface area contributed by atoms with E-state index in [9.17, 15) is 14.7 Å². The Bertz CT molecular complexity index is 502. The van der Waals surface area contributed by atoms with Gasteiger partial charge < -0.3 is 14.4 Å². The number of furan rings is 1. The molecular formula is C12H14ClNO4S. The molecule has 1 amide bonds. The van der Waals surface area contributed by atoms with Crippen LogP contribution in [-0.4, -0.2) is 39.1 Å². The largest absolute Gasteiger partial charge is 0.480 e. The van der Waals surface area contributed by atoms with E-state index in [-0.39, 0.29) is 22.1 Å². The molecule has 2 rings (SSSR count). The molecule has 7 heteroatoms. The van der Waals surface area contributed by atoms with E-state index in [1.165, 1.54) is 29.0 Å². The molecule has 0 spiro atoms. The van der Waals surface area contributed by atoms with Gasteiger partial charge in [-0.15, -0.1) is 11.8 Å². The molecule has 1 aromatic rings. The van der Waals surface area contributed by atoms with E-state index in [0.717, 1.165) is 0 Å². The van der Waals surface area contributed by atoms with Crippen LogP contribution < -0.4 is 0 Å². The number of carbonyl (C=O) groups is 2. The van der Waals surface area contributed by atoms with Crippen LogP contribution >= 0.6 is 23.4 Å². The van der Waals surface area contributed by atoms with Gasteiger partial charge in [-0.2, -0.15) is 0 Å². The summed E-state index contributed by atoms with van der Waals surface area (Å²) in [5, 5.41) is 9.06. The maximum Gasteiger partial charge on any atom is 0.327 e. The molecule has 0 radical (unpaired) electrons. The minimum atomic E-state index is -0.997. The molecule has 1 aromatic heterocycles. The number of halogens is 1. The van der Waals surface area contributed by atoms with Gasteiger partial charge in [-0.1, -0.05) is 13.8 Å². The van der Waals surface area contributed by atoms with Crippen molar-refractivity contribution in [3.8, 4) is 0 Å². The molecule has 5 nitrogen and oxygen atoms in total. The van der Waals surface area contributed by atoms with Crippen molar-refractivity contribution in [3.63, 3.8) is 0 Å². The van der Waals surface area contributed by atoms with Crippen LogP contribution in [0.2, 0.25) is 5.22 Å². The van der Waals surface area contributed by atoms with Crippen molar-refractivity contribution in [2.75, 3.05) is 5.75 Å². The highest BCUT2D eigenvalue weighted by molar-refractivity contribution is 8.00. The highest BCUT2D eigenvalue weighted by Crippen LogP contribution is 2.36. The average molecular weight is 304 g/mol. The Kier molecular flexibility index (Phi) is 4.10. The van der Waals surface area contributed by atoms with E-state index in [4.69, 9.17) is 16.0 Å². The van der Waals surface area contributed by atoms with Crippen LogP contribution in [0.15, 0.2) is 16.7 Å². The van der Waals surface area contributed by atoms with Gasteiger partial charge >= 0.3 is 5.97 Å². The van der Waals surface area contributed by atoms with Crippen molar-refractivity contribution in [3.05, 3.63) is 23.1 Å². The molecule has 0 aromatic carbocycles. The number of rotatable bonds is 3. The molecule has 104 valence electrons. The lowest BCUT2D eigenvalue weighted by Crippen LogP contribution is -2.47. The fraction of sp³-hybridized carbons (Fsp3) is 0.500. The van der Waals surface area contributed by atoms with Crippen LogP contribution in [0.5, 0.6) is 0 Å². The maximum atomic E-state index is 12.5. The first-order valence-corrected chi connectivity index (χ1v) is 7.26. The van der Waals surface area contributed by atoms with Gasteiger partial charge in [0, 0.05) is 5.75 Å². The summed E-state index contributed by atoms with van der Waals surface area (Å²) >= 11 is 7.28. The first-order chi connectivity index (χ1) is 8.93. The Morgan fingerprint density at radius 3 is 2.74 bits per heavy atom. The predicted octanol–water partition coefficient (Wildman–Crippen LogP) is 2.56. The molecule has 1 aliphatic heterocycles. The van der Waals surface area contributed by atoms with Gasteiger partial charge in [-0.3, -0.25) is 4.79 Å². The summed E-state index contributed by atoms with van der Waals surface area (Å²) in [6.45, 7) is 3.91. The molecule has 0 saturated carbocycles. The number of carboxylic acid groups (broad SMARTS) is 1. The van der Waals surface area contributed by atoms with E-state index in [0.29, 0.717) is 5.75 Å². The fourth-order valence-corrected chi connectivity index (χ4v) is 3.74. The van der Waals surface area contributed by atoms with Crippen LogP contribution in [0, 0.1) is 5.92 Å². The molecular weight excluding hydrogens is 290 g/mol. The van der Waals surface area contributed by atoms with E-state index < -0.39 is 17.9 Å². The Labute approximate surface area is 119 Å². The van der Waals surface area contributed by atoms with Crippen LogP contribution in [0.1, 0.15) is 24.2 Å². The van der Waals surface area contributed by atoms with Gasteiger partial charge in [0.1, 0.15) is 6.04 Å². The van der Waals surface area contributed by atoms with Gasteiger partial charge in [-0.05, 0) is 23.6 Å². The summed E-state index contributed by atoms with van der Waals surface area (Å²) in [5.74, 6) is -0.846. The topological polar surface area (TPSA) is 70.8 Å². The lowest BCUT2D eigenvalue weighted by atomic mass is 10.1. The zero-order valence-electron chi connectivity index (χ0n) is 10.5. The zero-order valence-corrected chi connectivity index (χ0v) is 12.1. The average Bonchev–Trinajstić information content (AvgIpc) is 2.93. The van der Waals surface area contributed by atoms with E-state index in [1.807, 2.05) is 13.8 Å². The van der Waals surface area contributed by atoms with E-state index in [1.54, 1.807) is 0 Å². The molecule has 1 N–H and O–H groups in total. The standard InChI is InChI=1S/C12H14ClNO4S/c1-6(2)11-14(8(5-19-11)12(16)17)10(15)7-3-4-18-9(7)13/h3-4,6,8,11H,5H2,1-2H3,(H,16,17). The maximum absolute atomic E-state index is 12.5. The molecule has 2 atom stereocenters. The summed E-state index contributed by atoms with van der Waals surface area (Å²) in [6, 6.07) is 0.639. The Balaban J connectivity index is 2.34. The van der Waals surface area contributed by atoms with Gasteiger partial charge in [-0.25, -0.2) is 4.79 Å². The number of carbonyl (C=O) groups excluding carboxylic acids is 1. The number of nitrogens with zero attached hydrogens (tertiary/aromatic N) is 1. The minimum absolute atomic E-state index is 0.00598. The van der Waals surface area contributed by atoms with Crippen LogP contribution in [0.3, 0.4) is 0 Å². The summed E-state index contributed by atoms with van der Waals surface area (Å²) in [6.07, 6.45) is 1.32. The van der Waals surface area contributed by atoms with Crippen LogP contribution in [0.25, 0.3) is 0 Å². The van der Waals surface area contributed by atoms with Gasteiger partial charge in [0.2, 0.25) is 5.22 Å². The third-order valence-corrected chi connectivity index (χ3v) is 4.89. The number of aliphatic carboxylic acids is 1. The van der Waals surface area contributed by atoms with E-state index >= 15 is 0 Å². The predicted molar refractivity (Wildman–Crippen MR) is 72.4 cm³/mol. The molecule has 0 aliphatic carbocycles. The second-order valence-electron chi connectivity index (χ2n) is 4.64. The molecule has 0 bridgehead atoms. The monoisotopic (exact) mass is 303 g/mol. The molecule has 1 aliphatic rings. The Morgan fingerprint density at radius 1 is 1.58 bits per heavy atom. The van der Waals surface area contributed by atoms with Gasteiger partial charge in [0.25, 0.3) is 5.91 Å². The van der Waals surface area contributed by atoms with Crippen molar-refractivity contribution in [1.29, 1.82) is 0 Å². The Morgan fingerprint density at radius 2 is 2.26 bits per heavy atom. The summed E-state index contributed by atoms with van der Waals surface area (Å²) in [5.41, 5.74) is 0.209. The van der Waals surface area contributed by atoms with Crippen molar-refractivity contribution < 1.29 is 19.1 Å². The number of carboxylic acids is 1. The molecule has 1 saturated heterocycles. The van der Waals surface area contributed by atoms with E-state index in [2.05, 4.69) is 0 Å². The first-order valence-electron chi connectivity index (χ1n) is 5.83. The summed E-state index contributed by atoms with van der Waals surface area (Å²) in [4.78, 5) is 25.1. The van der Waals surface area contributed by atoms with Crippen molar-refractivity contribution in [1.82, 2.24) is 4.90 Å². The highest BCUT2D eigenvalue weighted by atomic mass is 35.5. The zero-order chi connectivity index (χ0) is 14.2. The minimum Gasteiger partial charge on any atom is -0.480 e. The highest BCUT2D eigenvalue weighted by Gasteiger charge is 2.43. The van der Waals surface area contributed by atoms with Crippen molar-refractivity contribution >= 4 is 35.2 Å². The lowest BCUT2D eigenvalue weighted by molar-refractivity contribution is -0.141. The number of hydrogen-bond donors (Lipinski definition) is 1. The third-order valence-electron chi connectivity index (χ3n) is 2.97. The smallest absolute Gasteiger partial charge is 0.327 e. The Hall–Kier alpha value is -1.14. The lowest BCUT2D eigenvalue weighted by Gasteiger charge is -2.29. The summed E-state index contributed by atoms with van der Waals surface area (Å²) < 4.78 is 4.90. The molecule has 19 heavy (non-hydrogen) atoms. The van der Waals surface area contributed by atoms with Crippen molar-refractivity contribution in [2.45, 2.75) is 25.3 Å². The molecule has 2 unspecified atom stereocenters. The number of hydrogen-bond acceptors (Lipinski definition) is 4. The van der Waals surface area contributed by atoms with Gasteiger partial charge in [0.05, 0.1) is 17.2 Å². The third kappa shape index (κ3) is 2.60. The second kappa shape index (κ2) is 5.46. The normalized spacial score (nSPS) is 23.1. The summed E-state index contributed by atoms with van der Waals surface area (Å²) in [7, 11) is 0.